The molecule has 7 heteroatoms. The summed E-state index contributed by atoms with van der Waals surface area (Å²) in [6.45, 7) is 3.64. The molecule has 2 fully saturated rings. The average molecular weight is 308 g/mol. The zero-order valence-electron chi connectivity index (χ0n) is 11.5. The molecule has 1 atom stereocenters. The molecule has 2 aliphatic heterocycles. The minimum Gasteiger partial charge on any atom is -0.389 e. The lowest BCUT2D eigenvalue weighted by molar-refractivity contribution is 0.116. The molecule has 3 rings (SSSR count). The first-order valence-electron chi connectivity index (χ1n) is 6.89. The van der Waals surface area contributed by atoms with Crippen LogP contribution in [0.1, 0.15) is 11.1 Å². The van der Waals surface area contributed by atoms with Gasteiger partial charge >= 0.3 is 6.03 Å². The van der Waals surface area contributed by atoms with Gasteiger partial charge in [0.2, 0.25) is 0 Å². The number of fused-ring (bicyclic) bond motifs is 1. The number of benzene rings is 1. The molecule has 21 heavy (non-hydrogen) atoms. The Morgan fingerprint density at radius 1 is 1.48 bits per heavy atom. The van der Waals surface area contributed by atoms with Crippen molar-refractivity contribution in [2.75, 3.05) is 26.2 Å². The Morgan fingerprint density at radius 3 is 3.05 bits per heavy atom. The van der Waals surface area contributed by atoms with Gasteiger partial charge in [0.25, 0.3) is 0 Å². The number of hydrogen-bond acceptors (Lipinski definition) is 3. The summed E-state index contributed by atoms with van der Waals surface area (Å²) in [5.74, 6) is -0.336. The smallest absolute Gasteiger partial charge is 0.317 e. The molecule has 1 aromatic carbocycles. The molecular weight excluding hydrogens is 291 g/mol. The molecule has 112 valence electrons. The van der Waals surface area contributed by atoms with Crippen molar-refractivity contribution >= 4 is 23.2 Å². The van der Waals surface area contributed by atoms with Crippen LogP contribution >= 0.6 is 12.2 Å². The second-order valence-corrected chi connectivity index (χ2v) is 5.87. The Kier molecular flexibility index (Phi) is 3.77. The van der Waals surface area contributed by atoms with Crippen LogP contribution < -0.4 is 11.1 Å². The summed E-state index contributed by atoms with van der Waals surface area (Å²) in [6, 6.07) is 4.77. The number of nitrogens with zero attached hydrogens (tertiary/aromatic N) is 2. The highest BCUT2D eigenvalue weighted by molar-refractivity contribution is 7.80. The molecule has 0 radical (unpaired) electrons. The lowest BCUT2D eigenvalue weighted by Gasteiger charge is -2.36. The summed E-state index contributed by atoms with van der Waals surface area (Å²) < 4.78 is 13.3. The molecule has 2 amide bonds. The van der Waals surface area contributed by atoms with Crippen LogP contribution in [0.3, 0.4) is 0 Å². The van der Waals surface area contributed by atoms with Gasteiger partial charge in [-0.05, 0) is 17.7 Å². The van der Waals surface area contributed by atoms with E-state index in [4.69, 9.17) is 18.0 Å². The minimum atomic E-state index is -0.336. The molecule has 2 aliphatic rings. The van der Waals surface area contributed by atoms with E-state index in [1.54, 1.807) is 6.07 Å². The predicted molar refractivity (Wildman–Crippen MR) is 81.5 cm³/mol. The zero-order chi connectivity index (χ0) is 15.0. The summed E-state index contributed by atoms with van der Waals surface area (Å²) in [7, 11) is 0. The van der Waals surface area contributed by atoms with Crippen molar-refractivity contribution in [2.24, 2.45) is 5.73 Å². The number of urea groups is 1. The van der Waals surface area contributed by atoms with Gasteiger partial charge in [0.05, 0.1) is 6.04 Å². The third kappa shape index (κ3) is 2.84. The Bertz CT molecular complexity index is 594. The van der Waals surface area contributed by atoms with Gasteiger partial charge in [-0.25, -0.2) is 9.18 Å². The average Bonchev–Trinajstić information content (AvgIpc) is 2.82. The second kappa shape index (κ2) is 5.57. The van der Waals surface area contributed by atoms with Gasteiger partial charge in [-0.1, -0.05) is 18.3 Å². The van der Waals surface area contributed by atoms with Gasteiger partial charge in [0.15, 0.2) is 0 Å². The Morgan fingerprint density at radius 2 is 2.29 bits per heavy atom. The highest BCUT2D eigenvalue weighted by Crippen LogP contribution is 2.19. The molecule has 1 aromatic rings. The molecular formula is C14H17FN4OS. The van der Waals surface area contributed by atoms with Gasteiger partial charge in [0, 0.05) is 38.3 Å². The van der Waals surface area contributed by atoms with Gasteiger partial charge in [-0.2, -0.15) is 0 Å². The number of carbonyl (C=O) groups is 1. The molecule has 0 spiro atoms. The molecule has 2 heterocycles. The Hall–Kier alpha value is -1.73. The monoisotopic (exact) mass is 308 g/mol. The summed E-state index contributed by atoms with van der Waals surface area (Å²) in [4.78, 5) is 15.9. The third-order valence-corrected chi connectivity index (χ3v) is 4.27. The van der Waals surface area contributed by atoms with E-state index in [2.05, 4.69) is 10.2 Å². The fourth-order valence-electron chi connectivity index (χ4n) is 2.97. The lowest BCUT2D eigenvalue weighted by Crippen LogP contribution is -2.51. The maximum atomic E-state index is 13.3. The van der Waals surface area contributed by atoms with E-state index >= 15 is 0 Å². The fourth-order valence-corrected chi connectivity index (χ4v) is 3.16. The first-order chi connectivity index (χ1) is 10.0. The van der Waals surface area contributed by atoms with Crippen LogP contribution in [0.4, 0.5) is 9.18 Å². The highest BCUT2D eigenvalue weighted by Gasteiger charge is 2.35. The van der Waals surface area contributed by atoms with Crippen molar-refractivity contribution in [3.05, 3.63) is 35.1 Å². The SMILES string of the molecule is NC(=S)c1cc(F)ccc1CN1CCN2C(=O)NCC2C1. The van der Waals surface area contributed by atoms with Gasteiger partial charge in [-0.3, -0.25) is 4.90 Å². The van der Waals surface area contributed by atoms with E-state index in [0.717, 1.165) is 18.7 Å². The van der Waals surface area contributed by atoms with Crippen molar-refractivity contribution in [2.45, 2.75) is 12.6 Å². The van der Waals surface area contributed by atoms with Crippen molar-refractivity contribution in [3.63, 3.8) is 0 Å². The van der Waals surface area contributed by atoms with Crippen molar-refractivity contribution < 1.29 is 9.18 Å². The highest BCUT2D eigenvalue weighted by atomic mass is 32.1. The molecule has 0 aromatic heterocycles. The quantitative estimate of drug-likeness (QED) is 0.806. The topological polar surface area (TPSA) is 61.6 Å². The lowest BCUT2D eigenvalue weighted by atomic mass is 10.1. The number of halogens is 1. The van der Waals surface area contributed by atoms with E-state index in [1.165, 1.54) is 12.1 Å². The summed E-state index contributed by atoms with van der Waals surface area (Å²) >= 11 is 5.00. The van der Waals surface area contributed by atoms with E-state index < -0.39 is 0 Å². The Balaban J connectivity index is 1.73. The number of nitrogens with two attached hydrogens (primary N) is 1. The molecule has 0 aliphatic carbocycles. The second-order valence-electron chi connectivity index (χ2n) is 5.43. The molecule has 1 unspecified atom stereocenters. The van der Waals surface area contributed by atoms with Crippen LogP contribution in [-0.4, -0.2) is 53.0 Å². The number of nitrogens with one attached hydrogen (secondary N) is 1. The largest absolute Gasteiger partial charge is 0.389 e. The maximum Gasteiger partial charge on any atom is 0.317 e. The maximum absolute atomic E-state index is 13.3. The van der Waals surface area contributed by atoms with E-state index in [9.17, 15) is 9.18 Å². The van der Waals surface area contributed by atoms with E-state index in [0.29, 0.717) is 25.2 Å². The molecule has 0 saturated carbocycles. The van der Waals surface area contributed by atoms with E-state index in [1.807, 2.05) is 4.90 Å². The first kappa shape index (κ1) is 14.2. The summed E-state index contributed by atoms with van der Waals surface area (Å²) in [5.41, 5.74) is 7.19. The third-order valence-electron chi connectivity index (χ3n) is 4.05. The number of thiocarbonyl (C=S) groups is 1. The number of hydrogen-bond donors (Lipinski definition) is 2. The van der Waals surface area contributed by atoms with Crippen LogP contribution in [0.25, 0.3) is 0 Å². The van der Waals surface area contributed by atoms with Crippen LogP contribution in [0.2, 0.25) is 0 Å². The molecule has 3 N–H and O–H groups in total. The fraction of sp³-hybridized carbons (Fsp3) is 0.429. The van der Waals surface area contributed by atoms with E-state index in [-0.39, 0.29) is 22.9 Å². The van der Waals surface area contributed by atoms with Crippen LogP contribution in [-0.2, 0) is 6.54 Å². The van der Waals surface area contributed by atoms with Crippen molar-refractivity contribution in [1.82, 2.24) is 15.1 Å². The van der Waals surface area contributed by atoms with Gasteiger partial charge < -0.3 is 16.0 Å². The van der Waals surface area contributed by atoms with Gasteiger partial charge in [0.1, 0.15) is 10.8 Å². The predicted octanol–water partition coefficient (Wildman–Crippen LogP) is 0.669. The normalized spacial score (nSPS) is 22.0. The number of amides is 2. The Labute approximate surface area is 127 Å². The number of carbonyl (C=O) groups excluding carboxylic acids is 1. The summed E-state index contributed by atoms with van der Waals surface area (Å²) in [6.07, 6.45) is 0. The van der Waals surface area contributed by atoms with Crippen molar-refractivity contribution in [3.8, 4) is 0 Å². The molecule has 0 bridgehead atoms. The number of piperazine rings is 1. The van der Waals surface area contributed by atoms with Gasteiger partial charge in [-0.15, -0.1) is 0 Å². The van der Waals surface area contributed by atoms with Crippen LogP contribution in [0.15, 0.2) is 18.2 Å². The first-order valence-corrected chi connectivity index (χ1v) is 7.30. The standard InChI is InChI=1S/C14H17FN4OS/c15-10-2-1-9(12(5-10)13(16)21)7-18-3-4-19-11(8-18)6-17-14(19)20/h1-2,5,11H,3-4,6-8H2,(H2,16,21)(H,17,20). The van der Waals surface area contributed by atoms with Crippen molar-refractivity contribution in [1.29, 1.82) is 0 Å². The van der Waals surface area contributed by atoms with Crippen LogP contribution in [0.5, 0.6) is 0 Å². The zero-order valence-corrected chi connectivity index (χ0v) is 12.3. The molecule has 5 nitrogen and oxygen atoms in total. The van der Waals surface area contributed by atoms with Crippen LogP contribution in [0, 0.1) is 5.82 Å². The number of rotatable bonds is 3. The minimum absolute atomic E-state index is 0.0188. The molecule has 2 saturated heterocycles. The summed E-state index contributed by atoms with van der Waals surface area (Å²) in [5, 5.41) is 2.85.